The van der Waals surface area contributed by atoms with Gasteiger partial charge in [-0.25, -0.2) is 4.79 Å². The number of aromatic hydroxyl groups is 1. The smallest absolute Gasteiger partial charge is 0.410 e. The Morgan fingerprint density at radius 3 is 2.78 bits per heavy atom. The van der Waals surface area contributed by atoms with Gasteiger partial charge in [-0.1, -0.05) is 11.3 Å². The van der Waals surface area contributed by atoms with E-state index in [2.05, 4.69) is 4.98 Å². The van der Waals surface area contributed by atoms with Gasteiger partial charge >= 0.3 is 12.1 Å². The Morgan fingerprint density at radius 2 is 2.11 bits per heavy atom. The summed E-state index contributed by atoms with van der Waals surface area (Å²) in [6, 6.07) is 0. The van der Waals surface area contributed by atoms with Crippen LogP contribution in [0.5, 0.6) is 5.88 Å². The summed E-state index contributed by atoms with van der Waals surface area (Å²) in [6.07, 6.45) is -0.117. The quantitative estimate of drug-likeness (QED) is 0.642. The van der Waals surface area contributed by atoms with E-state index in [1.165, 1.54) is 9.30 Å². The van der Waals surface area contributed by atoms with E-state index in [-0.39, 0.29) is 18.1 Å². The summed E-state index contributed by atoms with van der Waals surface area (Å²) in [7, 11) is 0. The number of hydrogen-bond donors (Lipinski definition) is 3. The summed E-state index contributed by atoms with van der Waals surface area (Å²) < 4.78 is 6.20. The molecule has 0 spiro atoms. The van der Waals surface area contributed by atoms with Crippen molar-refractivity contribution in [3.8, 4) is 5.88 Å². The second-order valence-corrected chi connectivity index (χ2v) is 6.71. The maximum Gasteiger partial charge on any atom is 0.410 e. The number of aliphatic carboxylic acids is 1. The fraction of sp³-hybridized carbons (Fsp3) is 0.400. The molecule has 3 N–H and O–H groups in total. The fourth-order valence-corrected chi connectivity index (χ4v) is 3.94. The van der Waals surface area contributed by atoms with Gasteiger partial charge < -0.3 is 25.2 Å². The first-order valence-corrected chi connectivity index (χ1v) is 8.83. The zero-order valence-electron chi connectivity index (χ0n) is 14.2. The minimum absolute atomic E-state index is 0.183. The van der Waals surface area contributed by atoms with Crippen LogP contribution in [0.2, 0.25) is 0 Å². The lowest BCUT2D eigenvalue weighted by Gasteiger charge is -2.25. The van der Waals surface area contributed by atoms with Crippen molar-refractivity contribution in [2.24, 2.45) is 0 Å². The van der Waals surface area contributed by atoms with Crippen molar-refractivity contribution in [2.45, 2.75) is 19.9 Å². The Hall–Kier alpha value is -3.15. The molecule has 0 radical (unpaired) electrons. The Morgan fingerprint density at radius 1 is 1.37 bits per heavy atom. The van der Waals surface area contributed by atoms with Crippen LogP contribution in [0.25, 0.3) is 4.96 Å². The number of hydrogen-bond acceptors (Lipinski definition) is 8. The van der Waals surface area contributed by atoms with E-state index in [1.807, 2.05) is 5.32 Å². The first-order valence-electron chi connectivity index (χ1n) is 8.01. The van der Waals surface area contributed by atoms with Crippen molar-refractivity contribution < 1.29 is 29.3 Å². The van der Waals surface area contributed by atoms with Crippen LogP contribution in [0.1, 0.15) is 27.9 Å². The lowest BCUT2D eigenvalue weighted by molar-refractivity contribution is -0.135. The van der Waals surface area contributed by atoms with Gasteiger partial charge in [-0.05, 0) is 6.92 Å². The molecule has 11 nitrogen and oxygen atoms in total. The zero-order valence-corrected chi connectivity index (χ0v) is 15.0. The molecule has 3 heterocycles. The second-order valence-electron chi connectivity index (χ2n) is 5.65. The molecule has 27 heavy (non-hydrogen) atoms. The summed E-state index contributed by atoms with van der Waals surface area (Å²) in [5, 5.41) is 20.7. The number of nitrogens with one attached hydrogen (secondary N) is 1. The first kappa shape index (κ1) is 18.6. The topological polar surface area (TPSA) is 151 Å². The molecular formula is C15H16N4O7S. The highest BCUT2D eigenvalue weighted by atomic mass is 32.1. The van der Waals surface area contributed by atoms with Gasteiger partial charge in [-0.15, -0.1) is 0 Å². The fourth-order valence-electron chi connectivity index (χ4n) is 2.77. The maximum atomic E-state index is 12.7. The molecule has 3 rings (SSSR count). The van der Waals surface area contributed by atoms with Gasteiger partial charge in [0.25, 0.3) is 11.5 Å². The predicted octanol–water partition coefficient (Wildman–Crippen LogP) is -0.209. The first-order chi connectivity index (χ1) is 12.8. The van der Waals surface area contributed by atoms with Gasteiger partial charge in [0.05, 0.1) is 13.2 Å². The number of thiazole rings is 1. The van der Waals surface area contributed by atoms with E-state index < -0.39 is 41.5 Å². The molecule has 0 aromatic carbocycles. The van der Waals surface area contributed by atoms with Crippen LogP contribution in [0.4, 0.5) is 4.79 Å². The van der Waals surface area contributed by atoms with Crippen LogP contribution in [0, 0.1) is 0 Å². The van der Waals surface area contributed by atoms with E-state index in [9.17, 15) is 24.3 Å². The number of amides is 2. The Kier molecular flexibility index (Phi) is 4.99. The summed E-state index contributed by atoms with van der Waals surface area (Å²) >= 11 is 1.12. The molecule has 0 saturated heterocycles. The summed E-state index contributed by atoms with van der Waals surface area (Å²) in [5.41, 5.74) is -0.815. The molecule has 2 aromatic rings. The highest BCUT2D eigenvalue weighted by molar-refractivity contribution is 7.17. The summed E-state index contributed by atoms with van der Waals surface area (Å²) in [6.45, 7) is 1.80. The largest absolute Gasteiger partial charge is 0.492 e. The van der Waals surface area contributed by atoms with Crippen molar-refractivity contribution in [3.05, 3.63) is 26.5 Å². The number of carbonyl (C=O) groups excluding carboxylic acids is 2. The normalized spacial score (nSPS) is 13.3. The highest BCUT2D eigenvalue weighted by Gasteiger charge is 2.29. The van der Waals surface area contributed by atoms with Gasteiger partial charge in [-0.3, -0.25) is 18.8 Å². The second kappa shape index (κ2) is 7.23. The number of carboxylic acids is 1. The molecule has 2 aromatic heterocycles. The monoisotopic (exact) mass is 396 g/mol. The average Bonchev–Trinajstić information content (AvgIpc) is 2.97. The van der Waals surface area contributed by atoms with Crippen molar-refractivity contribution in [1.82, 2.24) is 19.6 Å². The number of carboxylic acid groups (broad SMARTS) is 1. The SMILES string of the molecule is CCOC(=O)N1CCc2c(sc3nc(O)c(C(=O)NCC(=O)O)c(=O)n23)C1. The predicted molar refractivity (Wildman–Crippen MR) is 92.1 cm³/mol. The molecule has 0 unspecified atom stereocenters. The Balaban J connectivity index is 2.00. The maximum absolute atomic E-state index is 12.7. The molecule has 144 valence electrons. The molecular weight excluding hydrogens is 380 g/mol. The number of rotatable bonds is 4. The van der Waals surface area contributed by atoms with E-state index in [4.69, 9.17) is 9.84 Å². The van der Waals surface area contributed by atoms with E-state index in [0.29, 0.717) is 23.5 Å². The van der Waals surface area contributed by atoms with Crippen LogP contribution in [-0.4, -0.2) is 62.2 Å². The molecule has 0 fully saturated rings. The number of carbonyl (C=O) groups is 3. The van der Waals surface area contributed by atoms with Gasteiger partial charge in [0.2, 0.25) is 10.8 Å². The minimum atomic E-state index is -1.29. The third kappa shape index (κ3) is 3.43. The van der Waals surface area contributed by atoms with Gasteiger partial charge in [-0.2, -0.15) is 4.98 Å². The van der Waals surface area contributed by atoms with Crippen molar-refractivity contribution in [2.75, 3.05) is 19.7 Å². The van der Waals surface area contributed by atoms with E-state index >= 15 is 0 Å². The van der Waals surface area contributed by atoms with Crippen LogP contribution in [-0.2, 0) is 22.5 Å². The molecule has 0 bridgehead atoms. The van der Waals surface area contributed by atoms with Crippen LogP contribution in [0.15, 0.2) is 4.79 Å². The lowest BCUT2D eigenvalue weighted by atomic mass is 10.2. The molecule has 0 saturated carbocycles. The third-order valence-corrected chi connectivity index (χ3v) is 5.01. The average molecular weight is 396 g/mol. The van der Waals surface area contributed by atoms with Crippen LogP contribution in [0.3, 0.4) is 0 Å². The standard InChI is InChI=1S/C15H16N4O7S/c1-2-26-15(25)18-4-3-7-8(6-18)27-14-17-12(23)10(13(24)19(7)14)11(22)16-5-9(20)21/h23H,2-6H2,1H3,(H,16,22)(H,20,21). The molecule has 0 aliphatic carbocycles. The van der Waals surface area contributed by atoms with Gasteiger partial charge in [0.1, 0.15) is 6.54 Å². The van der Waals surface area contributed by atoms with Gasteiger partial charge in [0, 0.05) is 23.5 Å². The van der Waals surface area contributed by atoms with Crippen LogP contribution >= 0.6 is 11.3 Å². The molecule has 1 aliphatic heterocycles. The molecule has 12 heteroatoms. The number of nitrogens with zero attached hydrogens (tertiary/aromatic N) is 3. The van der Waals surface area contributed by atoms with Crippen molar-refractivity contribution in [3.63, 3.8) is 0 Å². The molecule has 0 atom stereocenters. The molecule has 1 aliphatic rings. The summed E-state index contributed by atoms with van der Waals surface area (Å²) in [5.74, 6) is -3.08. The number of ether oxygens (including phenoxy) is 1. The lowest BCUT2D eigenvalue weighted by Crippen LogP contribution is -2.38. The van der Waals surface area contributed by atoms with Crippen molar-refractivity contribution in [1.29, 1.82) is 0 Å². The molecule has 2 amide bonds. The Labute approximate surface area is 155 Å². The summed E-state index contributed by atoms with van der Waals surface area (Å²) in [4.78, 5) is 53.6. The van der Waals surface area contributed by atoms with Crippen LogP contribution < -0.4 is 10.9 Å². The van der Waals surface area contributed by atoms with Gasteiger partial charge in [0.15, 0.2) is 5.56 Å². The Bertz CT molecular complexity index is 996. The third-order valence-electron chi connectivity index (χ3n) is 3.95. The highest BCUT2D eigenvalue weighted by Crippen LogP contribution is 2.28. The van der Waals surface area contributed by atoms with E-state index in [1.54, 1.807) is 6.92 Å². The number of fused-ring (bicyclic) bond motifs is 3. The zero-order chi connectivity index (χ0) is 19.7. The minimum Gasteiger partial charge on any atom is -0.492 e. The number of aromatic nitrogens is 2. The van der Waals surface area contributed by atoms with E-state index in [0.717, 1.165) is 11.3 Å². The van der Waals surface area contributed by atoms with Crippen molar-refractivity contribution >= 4 is 34.3 Å².